The molecule has 0 atom stereocenters. The van der Waals surface area contributed by atoms with E-state index in [4.69, 9.17) is 9.47 Å². The van der Waals surface area contributed by atoms with Crippen molar-refractivity contribution in [1.29, 1.82) is 10.5 Å². The lowest BCUT2D eigenvalue weighted by atomic mass is 10.1. The number of ether oxygens (including phenoxy) is 2. The Bertz CT molecular complexity index is 1310. The van der Waals surface area contributed by atoms with Gasteiger partial charge in [-0.15, -0.1) is 0 Å². The summed E-state index contributed by atoms with van der Waals surface area (Å²) in [4.78, 5) is 12.6. The zero-order valence-corrected chi connectivity index (χ0v) is 21.3. The molecule has 0 fully saturated rings. The summed E-state index contributed by atoms with van der Waals surface area (Å²) in [5.74, 6) is 0.389. The lowest BCUT2D eigenvalue weighted by Crippen LogP contribution is -2.13. The third-order valence-corrected chi connectivity index (χ3v) is 5.74. The average Bonchev–Trinajstić information content (AvgIpc) is 2.83. The SMILES string of the molecule is CCOc1cc(/C=C(\C#N)C(=O)Nc2ccc(Br)cc2)cc(Br)c1OCc1ccccc1C#N. The molecule has 0 spiro atoms. The average molecular weight is 581 g/mol. The molecule has 0 heterocycles. The van der Waals surface area contributed by atoms with Crippen LogP contribution in [0, 0.1) is 22.7 Å². The second kappa shape index (κ2) is 12.0. The van der Waals surface area contributed by atoms with Crippen LogP contribution < -0.4 is 14.8 Å². The number of carbonyl (C=O) groups excluding carboxylic acids is 1. The highest BCUT2D eigenvalue weighted by atomic mass is 79.9. The molecule has 1 N–H and O–H groups in total. The van der Waals surface area contributed by atoms with Crippen molar-refractivity contribution in [3.05, 3.63) is 91.9 Å². The van der Waals surface area contributed by atoms with Crippen molar-refractivity contribution >= 4 is 49.5 Å². The van der Waals surface area contributed by atoms with Crippen LogP contribution in [0.4, 0.5) is 5.69 Å². The van der Waals surface area contributed by atoms with E-state index < -0.39 is 5.91 Å². The first-order valence-electron chi connectivity index (χ1n) is 10.2. The van der Waals surface area contributed by atoms with E-state index in [0.29, 0.717) is 39.4 Å². The Balaban J connectivity index is 1.86. The summed E-state index contributed by atoms with van der Waals surface area (Å²) in [7, 11) is 0. The third-order valence-electron chi connectivity index (χ3n) is 4.62. The second-order valence-electron chi connectivity index (χ2n) is 6.95. The highest BCUT2D eigenvalue weighted by molar-refractivity contribution is 9.10. The first-order valence-corrected chi connectivity index (χ1v) is 11.8. The van der Waals surface area contributed by atoms with E-state index >= 15 is 0 Å². The number of rotatable bonds is 8. The molecule has 0 saturated carbocycles. The Morgan fingerprint density at radius 1 is 1.06 bits per heavy atom. The van der Waals surface area contributed by atoms with E-state index in [1.165, 1.54) is 6.08 Å². The molecule has 6 nitrogen and oxygen atoms in total. The highest BCUT2D eigenvalue weighted by Gasteiger charge is 2.15. The van der Waals surface area contributed by atoms with Crippen molar-refractivity contribution in [2.45, 2.75) is 13.5 Å². The predicted octanol–water partition coefficient (Wildman–Crippen LogP) is 6.61. The molecule has 8 heteroatoms. The summed E-state index contributed by atoms with van der Waals surface area (Å²) < 4.78 is 13.2. The number of carbonyl (C=O) groups is 1. The highest BCUT2D eigenvalue weighted by Crippen LogP contribution is 2.38. The van der Waals surface area contributed by atoms with E-state index in [9.17, 15) is 15.3 Å². The van der Waals surface area contributed by atoms with Crippen LogP contribution in [0.5, 0.6) is 11.5 Å². The standard InChI is InChI=1S/C26H19Br2N3O3/c1-2-33-24-13-17(11-20(15-30)26(32)31-22-9-7-21(27)8-10-22)12-23(28)25(24)34-16-19-6-4-3-5-18(19)14-29/h3-13H,2,16H2,1H3,(H,31,32)/b20-11+. The minimum atomic E-state index is -0.521. The summed E-state index contributed by atoms with van der Waals surface area (Å²) in [5.41, 5.74) is 2.38. The molecule has 0 aliphatic carbocycles. The first-order chi connectivity index (χ1) is 16.4. The molecular weight excluding hydrogens is 562 g/mol. The molecule has 3 rings (SSSR count). The van der Waals surface area contributed by atoms with Gasteiger partial charge in [-0.2, -0.15) is 10.5 Å². The van der Waals surface area contributed by atoms with Gasteiger partial charge in [0.1, 0.15) is 18.2 Å². The number of nitrogens with one attached hydrogen (secondary N) is 1. The smallest absolute Gasteiger partial charge is 0.266 e. The monoisotopic (exact) mass is 579 g/mol. The molecule has 0 aliphatic rings. The van der Waals surface area contributed by atoms with Gasteiger partial charge in [-0.05, 0) is 77.0 Å². The molecule has 0 bridgehead atoms. The normalized spacial score (nSPS) is 10.7. The number of nitriles is 2. The molecule has 34 heavy (non-hydrogen) atoms. The van der Waals surface area contributed by atoms with Gasteiger partial charge in [0, 0.05) is 15.7 Å². The number of amides is 1. The van der Waals surface area contributed by atoms with E-state index in [2.05, 4.69) is 43.2 Å². The van der Waals surface area contributed by atoms with Crippen LogP contribution in [0.15, 0.2) is 75.2 Å². The minimum Gasteiger partial charge on any atom is -0.490 e. The van der Waals surface area contributed by atoms with Gasteiger partial charge in [-0.25, -0.2) is 0 Å². The molecule has 170 valence electrons. The second-order valence-corrected chi connectivity index (χ2v) is 8.72. The summed E-state index contributed by atoms with van der Waals surface area (Å²) in [5, 5.41) is 21.6. The molecular formula is C26H19Br2N3O3. The lowest BCUT2D eigenvalue weighted by molar-refractivity contribution is -0.112. The predicted molar refractivity (Wildman–Crippen MR) is 137 cm³/mol. The van der Waals surface area contributed by atoms with Gasteiger partial charge in [0.15, 0.2) is 11.5 Å². The van der Waals surface area contributed by atoms with Gasteiger partial charge in [-0.1, -0.05) is 34.1 Å². The molecule has 3 aromatic rings. The summed E-state index contributed by atoms with van der Waals surface area (Å²) in [6.07, 6.45) is 1.48. The fraction of sp³-hybridized carbons (Fsp3) is 0.115. The van der Waals surface area contributed by atoms with Crippen molar-refractivity contribution in [1.82, 2.24) is 0 Å². The molecule has 0 aromatic heterocycles. The number of anilines is 1. The fourth-order valence-electron chi connectivity index (χ4n) is 3.03. The Morgan fingerprint density at radius 2 is 1.79 bits per heavy atom. The molecule has 1 amide bonds. The van der Waals surface area contributed by atoms with E-state index in [-0.39, 0.29) is 12.2 Å². The molecule has 0 aliphatic heterocycles. The zero-order chi connectivity index (χ0) is 24.5. The number of halogens is 2. The Hall–Kier alpha value is -3.59. The number of hydrogen-bond acceptors (Lipinski definition) is 5. The third kappa shape index (κ3) is 6.48. The number of benzene rings is 3. The summed E-state index contributed by atoms with van der Waals surface area (Å²) in [6, 6.07) is 21.8. The van der Waals surface area contributed by atoms with Gasteiger partial charge in [0.25, 0.3) is 5.91 Å². The van der Waals surface area contributed by atoms with Crippen molar-refractivity contribution < 1.29 is 14.3 Å². The Labute approximate surface area is 214 Å². The first kappa shape index (κ1) is 25.0. The molecule has 0 saturated heterocycles. The maximum atomic E-state index is 12.6. The van der Waals surface area contributed by atoms with Gasteiger partial charge in [0.05, 0.1) is 22.7 Å². The quantitative estimate of drug-likeness (QED) is 0.239. The number of hydrogen-bond donors (Lipinski definition) is 1. The van der Waals surface area contributed by atoms with Crippen LogP contribution in [0.1, 0.15) is 23.6 Å². The van der Waals surface area contributed by atoms with Crippen LogP contribution in [-0.4, -0.2) is 12.5 Å². The van der Waals surface area contributed by atoms with Crippen molar-refractivity contribution in [2.24, 2.45) is 0 Å². The topological polar surface area (TPSA) is 95.1 Å². The minimum absolute atomic E-state index is 0.0612. The largest absolute Gasteiger partial charge is 0.490 e. The van der Waals surface area contributed by atoms with Crippen molar-refractivity contribution in [3.63, 3.8) is 0 Å². The van der Waals surface area contributed by atoms with Gasteiger partial charge in [-0.3, -0.25) is 4.79 Å². The lowest BCUT2D eigenvalue weighted by Gasteiger charge is -2.15. The molecule has 3 aromatic carbocycles. The Kier molecular flexibility index (Phi) is 8.86. The van der Waals surface area contributed by atoms with E-state index in [1.807, 2.05) is 25.1 Å². The van der Waals surface area contributed by atoms with Crippen LogP contribution >= 0.6 is 31.9 Å². The van der Waals surface area contributed by atoms with E-state index in [1.54, 1.807) is 48.5 Å². The molecule has 0 radical (unpaired) electrons. The maximum Gasteiger partial charge on any atom is 0.266 e. The number of nitrogens with zero attached hydrogens (tertiary/aromatic N) is 2. The Morgan fingerprint density at radius 3 is 2.47 bits per heavy atom. The molecule has 0 unspecified atom stereocenters. The van der Waals surface area contributed by atoms with Crippen LogP contribution in [-0.2, 0) is 11.4 Å². The van der Waals surface area contributed by atoms with Crippen LogP contribution in [0.2, 0.25) is 0 Å². The zero-order valence-electron chi connectivity index (χ0n) is 18.1. The van der Waals surface area contributed by atoms with Gasteiger partial charge >= 0.3 is 0 Å². The van der Waals surface area contributed by atoms with Gasteiger partial charge < -0.3 is 14.8 Å². The summed E-state index contributed by atoms with van der Waals surface area (Å²) in [6.45, 7) is 2.41. The van der Waals surface area contributed by atoms with Crippen molar-refractivity contribution in [2.75, 3.05) is 11.9 Å². The maximum absolute atomic E-state index is 12.6. The van der Waals surface area contributed by atoms with Crippen LogP contribution in [0.3, 0.4) is 0 Å². The van der Waals surface area contributed by atoms with Gasteiger partial charge in [0.2, 0.25) is 0 Å². The van der Waals surface area contributed by atoms with Crippen LogP contribution in [0.25, 0.3) is 6.08 Å². The van der Waals surface area contributed by atoms with E-state index in [0.717, 1.165) is 10.0 Å². The van der Waals surface area contributed by atoms with Crippen molar-refractivity contribution in [3.8, 4) is 23.6 Å². The summed E-state index contributed by atoms with van der Waals surface area (Å²) >= 11 is 6.84. The fourth-order valence-corrected chi connectivity index (χ4v) is 3.86.